The molecule has 104 valence electrons. The maximum Gasteiger partial charge on any atom is 0.156 e. The van der Waals surface area contributed by atoms with Crippen molar-refractivity contribution < 1.29 is 8.42 Å². The number of fused-ring (bicyclic) bond motifs is 1. The quantitative estimate of drug-likeness (QED) is 0.870. The third kappa shape index (κ3) is 2.95. The minimum Gasteiger partial charge on any atom is -0.346 e. The van der Waals surface area contributed by atoms with Gasteiger partial charge in [-0.3, -0.25) is 0 Å². The first-order chi connectivity index (χ1) is 8.71. The second kappa shape index (κ2) is 4.84. The van der Waals surface area contributed by atoms with Gasteiger partial charge in [-0.1, -0.05) is 11.6 Å². The number of aryl methyl sites for hydroxylation is 1. The standard InChI is InChI=1S/C14H18ClNO2S/c1-14(2,3)19(17,18)9-8-16-7-6-11-10-12(15)4-5-13(11)16/h4-7,10H,8-9H2,1-3H3. The van der Waals surface area contributed by atoms with Gasteiger partial charge in [0.25, 0.3) is 0 Å². The van der Waals surface area contributed by atoms with Crippen LogP contribution in [0, 0.1) is 0 Å². The van der Waals surface area contributed by atoms with E-state index in [2.05, 4.69) is 0 Å². The second-order valence-corrected chi connectivity index (χ2v) is 8.94. The van der Waals surface area contributed by atoms with Crippen molar-refractivity contribution in [2.75, 3.05) is 5.75 Å². The summed E-state index contributed by atoms with van der Waals surface area (Å²) >= 11 is 5.93. The largest absolute Gasteiger partial charge is 0.346 e. The lowest BCUT2D eigenvalue weighted by Crippen LogP contribution is -2.31. The molecule has 0 bridgehead atoms. The summed E-state index contributed by atoms with van der Waals surface area (Å²) in [4.78, 5) is 0. The van der Waals surface area contributed by atoms with Crippen molar-refractivity contribution in [3.63, 3.8) is 0 Å². The highest BCUT2D eigenvalue weighted by Crippen LogP contribution is 2.22. The molecule has 1 aromatic carbocycles. The molecule has 5 heteroatoms. The predicted molar refractivity (Wildman–Crippen MR) is 80.5 cm³/mol. The first kappa shape index (κ1) is 14.4. The predicted octanol–water partition coefficient (Wildman–Crippen LogP) is 3.51. The SMILES string of the molecule is CC(C)(C)S(=O)(=O)CCn1ccc2cc(Cl)ccc21. The number of hydrogen-bond acceptors (Lipinski definition) is 2. The van der Waals surface area contributed by atoms with Crippen molar-refractivity contribution in [1.82, 2.24) is 4.57 Å². The number of aromatic nitrogens is 1. The smallest absolute Gasteiger partial charge is 0.156 e. The third-order valence-electron chi connectivity index (χ3n) is 3.27. The molecule has 0 aliphatic carbocycles. The van der Waals surface area contributed by atoms with Gasteiger partial charge in [-0.15, -0.1) is 0 Å². The van der Waals surface area contributed by atoms with E-state index in [1.807, 2.05) is 35.0 Å². The topological polar surface area (TPSA) is 39.1 Å². The Balaban J connectivity index is 2.24. The van der Waals surface area contributed by atoms with E-state index in [0.29, 0.717) is 11.6 Å². The molecule has 0 atom stereocenters. The summed E-state index contributed by atoms with van der Waals surface area (Å²) in [6.45, 7) is 5.66. The van der Waals surface area contributed by atoms with Gasteiger partial charge in [0.05, 0.1) is 10.5 Å². The zero-order valence-corrected chi connectivity index (χ0v) is 12.9. The highest BCUT2D eigenvalue weighted by atomic mass is 35.5. The molecule has 3 nitrogen and oxygen atoms in total. The van der Waals surface area contributed by atoms with E-state index in [9.17, 15) is 8.42 Å². The van der Waals surface area contributed by atoms with Crippen LogP contribution >= 0.6 is 11.6 Å². The number of sulfone groups is 1. The molecule has 19 heavy (non-hydrogen) atoms. The zero-order chi connectivity index (χ0) is 14.3. The molecule has 0 amide bonds. The Morgan fingerprint density at radius 2 is 1.89 bits per heavy atom. The molecular formula is C14H18ClNO2S. The molecule has 0 saturated heterocycles. The van der Waals surface area contributed by atoms with Gasteiger partial charge in [-0.05, 0) is 45.0 Å². The minimum atomic E-state index is -3.10. The van der Waals surface area contributed by atoms with Crippen LogP contribution < -0.4 is 0 Å². The lowest BCUT2D eigenvalue weighted by molar-refractivity contribution is 0.555. The van der Waals surface area contributed by atoms with Crippen LogP contribution in [-0.2, 0) is 16.4 Å². The summed E-state index contributed by atoms with van der Waals surface area (Å²) in [6, 6.07) is 7.57. The molecule has 0 N–H and O–H groups in total. The molecule has 0 radical (unpaired) electrons. The fourth-order valence-electron chi connectivity index (χ4n) is 1.89. The van der Waals surface area contributed by atoms with E-state index in [4.69, 9.17) is 11.6 Å². The maximum absolute atomic E-state index is 12.1. The van der Waals surface area contributed by atoms with Crippen molar-refractivity contribution >= 4 is 32.3 Å². The Morgan fingerprint density at radius 1 is 1.21 bits per heavy atom. The van der Waals surface area contributed by atoms with Crippen LogP contribution in [0.25, 0.3) is 10.9 Å². The molecule has 0 spiro atoms. The molecule has 0 fully saturated rings. The average molecular weight is 300 g/mol. The number of hydrogen-bond donors (Lipinski definition) is 0. The van der Waals surface area contributed by atoms with Crippen LogP contribution in [0.3, 0.4) is 0 Å². The van der Waals surface area contributed by atoms with Crippen LogP contribution in [0.4, 0.5) is 0 Å². The fourth-order valence-corrected chi connectivity index (χ4v) is 3.12. The van der Waals surface area contributed by atoms with E-state index in [-0.39, 0.29) is 5.75 Å². The summed E-state index contributed by atoms with van der Waals surface area (Å²) in [5, 5.41) is 1.72. The van der Waals surface area contributed by atoms with Crippen LogP contribution in [0.5, 0.6) is 0 Å². The van der Waals surface area contributed by atoms with Crippen molar-refractivity contribution in [1.29, 1.82) is 0 Å². The van der Waals surface area contributed by atoms with Crippen molar-refractivity contribution in [2.45, 2.75) is 32.1 Å². The molecule has 2 rings (SSSR count). The summed E-state index contributed by atoms with van der Waals surface area (Å²) in [5.74, 6) is 0.142. The third-order valence-corrected chi connectivity index (χ3v) is 6.09. The van der Waals surface area contributed by atoms with Crippen molar-refractivity contribution in [2.24, 2.45) is 0 Å². The minimum absolute atomic E-state index is 0.142. The van der Waals surface area contributed by atoms with E-state index < -0.39 is 14.6 Å². The van der Waals surface area contributed by atoms with Gasteiger partial charge < -0.3 is 4.57 Å². The van der Waals surface area contributed by atoms with Crippen LogP contribution in [0.2, 0.25) is 5.02 Å². The Bertz CT molecular complexity index is 696. The number of benzene rings is 1. The Kier molecular flexibility index (Phi) is 3.67. The molecule has 1 heterocycles. The molecule has 0 aliphatic heterocycles. The first-order valence-electron chi connectivity index (χ1n) is 6.17. The average Bonchev–Trinajstić information content (AvgIpc) is 2.67. The van der Waals surface area contributed by atoms with Crippen LogP contribution in [0.15, 0.2) is 30.5 Å². The highest BCUT2D eigenvalue weighted by Gasteiger charge is 2.28. The summed E-state index contributed by atoms with van der Waals surface area (Å²) in [7, 11) is -3.10. The molecule has 0 aliphatic rings. The van der Waals surface area contributed by atoms with Crippen molar-refractivity contribution in [3.8, 4) is 0 Å². The maximum atomic E-state index is 12.1. The Hall–Kier alpha value is -1.00. The summed E-state index contributed by atoms with van der Waals surface area (Å²) in [6.07, 6.45) is 1.90. The van der Waals surface area contributed by atoms with Crippen LogP contribution in [0.1, 0.15) is 20.8 Å². The molecular weight excluding hydrogens is 282 g/mol. The van der Waals surface area contributed by atoms with Gasteiger partial charge in [0, 0.05) is 28.7 Å². The first-order valence-corrected chi connectivity index (χ1v) is 8.20. The van der Waals surface area contributed by atoms with E-state index in [1.54, 1.807) is 20.8 Å². The molecule has 1 aromatic heterocycles. The fraction of sp³-hybridized carbons (Fsp3) is 0.429. The highest BCUT2D eigenvalue weighted by molar-refractivity contribution is 7.92. The second-order valence-electron chi connectivity index (χ2n) is 5.64. The number of nitrogens with zero attached hydrogens (tertiary/aromatic N) is 1. The van der Waals surface area contributed by atoms with E-state index in [0.717, 1.165) is 10.9 Å². The lowest BCUT2D eigenvalue weighted by atomic mass is 10.2. The monoisotopic (exact) mass is 299 g/mol. The van der Waals surface area contributed by atoms with Gasteiger partial charge in [0.15, 0.2) is 9.84 Å². The molecule has 0 unspecified atom stereocenters. The van der Waals surface area contributed by atoms with E-state index in [1.165, 1.54) is 0 Å². The van der Waals surface area contributed by atoms with Gasteiger partial charge in [-0.25, -0.2) is 8.42 Å². The van der Waals surface area contributed by atoms with Crippen LogP contribution in [-0.4, -0.2) is 23.5 Å². The van der Waals surface area contributed by atoms with Crippen molar-refractivity contribution in [3.05, 3.63) is 35.5 Å². The van der Waals surface area contributed by atoms with Gasteiger partial charge in [0.2, 0.25) is 0 Å². The van der Waals surface area contributed by atoms with Gasteiger partial charge in [0.1, 0.15) is 0 Å². The lowest BCUT2D eigenvalue weighted by Gasteiger charge is -2.19. The van der Waals surface area contributed by atoms with E-state index >= 15 is 0 Å². The van der Waals surface area contributed by atoms with Gasteiger partial charge >= 0.3 is 0 Å². The zero-order valence-electron chi connectivity index (χ0n) is 11.4. The Morgan fingerprint density at radius 3 is 2.53 bits per heavy atom. The summed E-state index contributed by atoms with van der Waals surface area (Å²) < 4.78 is 25.5. The molecule has 2 aromatic rings. The molecule has 0 saturated carbocycles. The van der Waals surface area contributed by atoms with Gasteiger partial charge in [-0.2, -0.15) is 0 Å². The number of halogens is 1. The number of rotatable bonds is 3. The normalized spacial score (nSPS) is 13.1. The summed E-state index contributed by atoms with van der Waals surface area (Å²) in [5.41, 5.74) is 1.01. The Labute approximate surface area is 119 Å².